The number of benzene rings is 1. The van der Waals surface area contributed by atoms with Gasteiger partial charge in [0.15, 0.2) is 0 Å². The molecule has 0 unspecified atom stereocenters. The maximum atomic E-state index is 11.3. The molecule has 0 aliphatic rings. The fraction of sp³-hybridized carbons (Fsp3) is 0.111. The minimum absolute atomic E-state index is 0.429. The van der Waals surface area contributed by atoms with Gasteiger partial charge in [0, 0.05) is 12.6 Å². The molecule has 4 nitrogen and oxygen atoms in total. The van der Waals surface area contributed by atoms with Crippen LogP contribution in [0.15, 0.2) is 30.3 Å². The summed E-state index contributed by atoms with van der Waals surface area (Å²) in [5.74, 6) is -0.429. The molecule has 0 atom stereocenters. The third-order valence-corrected chi connectivity index (χ3v) is 1.98. The van der Waals surface area contributed by atoms with Crippen LogP contribution in [-0.2, 0) is 4.79 Å². The summed E-state index contributed by atoms with van der Waals surface area (Å²) in [5, 5.41) is 2.51. The molecule has 14 heavy (non-hydrogen) atoms. The van der Waals surface area contributed by atoms with E-state index < -0.39 is 11.9 Å². The molecule has 3 amide bonds. The lowest BCUT2D eigenvalue weighted by Gasteiger charge is -2.12. The minimum Gasteiger partial charge on any atom is -0.307 e. The van der Waals surface area contributed by atoms with Gasteiger partial charge in [0.25, 0.3) is 0 Å². The van der Waals surface area contributed by atoms with Crippen molar-refractivity contribution in [3.63, 3.8) is 0 Å². The summed E-state index contributed by atoms with van der Waals surface area (Å²) in [4.78, 5) is 22.0. The second kappa shape index (κ2) is 4.66. The van der Waals surface area contributed by atoms with E-state index in [9.17, 15) is 9.59 Å². The van der Waals surface area contributed by atoms with Crippen molar-refractivity contribution in [1.82, 2.24) is 4.31 Å². The smallest absolute Gasteiger partial charge is 0.307 e. The van der Waals surface area contributed by atoms with E-state index in [0.29, 0.717) is 9.99 Å². The van der Waals surface area contributed by atoms with E-state index >= 15 is 0 Å². The maximum absolute atomic E-state index is 11.3. The zero-order valence-corrected chi connectivity index (χ0v) is 8.49. The molecule has 0 fully saturated rings. The topological polar surface area (TPSA) is 49.4 Å². The van der Waals surface area contributed by atoms with Crippen LogP contribution in [0.25, 0.3) is 0 Å². The van der Waals surface area contributed by atoms with Crippen molar-refractivity contribution in [2.45, 2.75) is 6.92 Å². The lowest BCUT2D eigenvalue weighted by atomic mass is 10.3. The summed E-state index contributed by atoms with van der Waals surface area (Å²) >= 11 is 3.72. The van der Waals surface area contributed by atoms with E-state index in [1.165, 1.54) is 6.92 Å². The second-order valence-corrected chi connectivity index (χ2v) is 3.03. The van der Waals surface area contributed by atoms with Gasteiger partial charge in [-0.25, -0.2) is 9.10 Å². The van der Waals surface area contributed by atoms with E-state index in [1.54, 1.807) is 24.3 Å². The summed E-state index contributed by atoms with van der Waals surface area (Å²) in [7, 11) is 0. The number of nitrogens with zero attached hydrogens (tertiary/aromatic N) is 1. The highest BCUT2D eigenvalue weighted by atomic mass is 32.1. The summed E-state index contributed by atoms with van der Waals surface area (Å²) in [6.45, 7) is 1.26. The molecule has 0 aromatic heterocycles. The molecule has 0 radical (unpaired) electrons. The van der Waals surface area contributed by atoms with Gasteiger partial charge < -0.3 is 5.32 Å². The SMILES string of the molecule is CC(=O)N(S)C(=O)Nc1ccccc1. The number of urea groups is 1. The Morgan fingerprint density at radius 1 is 1.29 bits per heavy atom. The number of hydrogen-bond acceptors (Lipinski definition) is 3. The Balaban J connectivity index is 2.62. The van der Waals surface area contributed by atoms with Crippen LogP contribution in [-0.4, -0.2) is 16.2 Å². The average molecular weight is 210 g/mol. The predicted octanol–water partition coefficient (Wildman–Crippen LogP) is 1.91. The first kappa shape index (κ1) is 10.6. The Labute approximate surface area is 87.4 Å². The quantitative estimate of drug-likeness (QED) is 0.696. The molecule has 0 aliphatic carbocycles. The van der Waals surface area contributed by atoms with Crippen LogP contribution in [0.3, 0.4) is 0 Å². The van der Waals surface area contributed by atoms with Gasteiger partial charge in [-0.2, -0.15) is 0 Å². The molecule has 0 saturated carbocycles. The molecule has 5 heteroatoms. The van der Waals surface area contributed by atoms with Gasteiger partial charge in [0.1, 0.15) is 0 Å². The van der Waals surface area contributed by atoms with E-state index in [2.05, 4.69) is 18.1 Å². The van der Waals surface area contributed by atoms with Gasteiger partial charge in [-0.15, -0.1) is 0 Å². The lowest BCUT2D eigenvalue weighted by molar-refractivity contribution is -0.121. The molecule has 1 aromatic carbocycles. The number of anilines is 1. The molecule has 0 spiro atoms. The summed E-state index contributed by atoms with van der Waals surface area (Å²) < 4.78 is 0.715. The van der Waals surface area contributed by atoms with E-state index in [-0.39, 0.29) is 0 Å². The van der Waals surface area contributed by atoms with Gasteiger partial charge in [-0.1, -0.05) is 31.0 Å². The van der Waals surface area contributed by atoms with E-state index in [1.807, 2.05) is 6.07 Å². The summed E-state index contributed by atoms with van der Waals surface area (Å²) in [6.07, 6.45) is 0. The van der Waals surface area contributed by atoms with Crippen LogP contribution in [0.5, 0.6) is 0 Å². The van der Waals surface area contributed by atoms with Gasteiger partial charge in [0.2, 0.25) is 5.91 Å². The van der Waals surface area contributed by atoms with Crippen LogP contribution in [0.2, 0.25) is 0 Å². The number of hydrogen-bond donors (Lipinski definition) is 2. The van der Waals surface area contributed by atoms with Crippen molar-refractivity contribution >= 4 is 30.4 Å². The largest absolute Gasteiger partial charge is 0.338 e. The molecule has 1 rings (SSSR count). The Hall–Kier alpha value is -1.49. The number of nitrogens with one attached hydrogen (secondary N) is 1. The summed E-state index contributed by atoms with van der Waals surface area (Å²) in [6, 6.07) is 8.28. The van der Waals surface area contributed by atoms with Crippen LogP contribution in [0.4, 0.5) is 10.5 Å². The van der Waals surface area contributed by atoms with Crippen molar-refractivity contribution in [2.24, 2.45) is 0 Å². The normalized spacial score (nSPS) is 9.29. The summed E-state index contributed by atoms with van der Waals surface area (Å²) in [5.41, 5.74) is 0.623. The molecule has 0 bridgehead atoms. The number of imide groups is 1. The van der Waals surface area contributed by atoms with Crippen LogP contribution >= 0.6 is 12.8 Å². The fourth-order valence-corrected chi connectivity index (χ4v) is 0.891. The maximum Gasteiger partial charge on any atom is 0.338 e. The first-order chi connectivity index (χ1) is 6.61. The van der Waals surface area contributed by atoms with Crippen molar-refractivity contribution < 1.29 is 9.59 Å². The third-order valence-electron chi connectivity index (χ3n) is 1.52. The Morgan fingerprint density at radius 2 is 1.86 bits per heavy atom. The first-order valence-corrected chi connectivity index (χ1v) is 4.37. The van der Waals surface area contributed by atoms with E-state index in [4.69, 9.17) is 0 Å². The molecular formula is C9H10N2O2S. The molecule has 0 saturated heterocycles. The van der Waals surface area contributed by atoms with E-state index in [0.717, 1.165) is 0 Å². The van der Waals surface area contributed by atoms with Crippen molar-refractivity contribution in [3.8, 4) is 0 Å². The van der Waals surface area contributed by atoms with Crippen molar-refractivity contribution in [2.75, 3.05) is 5.32 Å². The molecule has 1 aromatic rings. The van der Waals surface area contributed by atoms with Gasteiger partial charge in [-0.05, 0) is 12.1 Å². The Kier molecular flexibility index (Phi) is 3.53. The highest BCUT2D eigenvalue weighted by Crippen LogP contribution is 2.07. The average Bonchev–Trinajstić information content (AvgIpc) is 2.18. The first-order valence-electron chi connectivity index (χ1n) is 3.97. The standard InChI is InChI=1S/C9H10N2O2S/c1-7(12)11(14)9(13)10-8-5-3-2-4-6-8/h2-6,14H,1H3,(H,10,13). The highest BCUT2D eigenvalue weighted by Gasteiger charge is 2.13. The highest BCUT2D eigenvalue weighted by molar-refractivity contribution is 7.79. The monoisotopic (exact) mass is 210 g/mol. The van der Waals surface area contributed by atoms with Crippen LogP contribution in [0, 0.1) is 0 Å². The van der Waals surface area contributed by atoms with Gasteiger partial charge in [0.05, 0.1) is 0 Å². The number of para-hydroxylation sites is 1. The Bertz CT molecular complexity index is 340. The zero-order valence-electron chi connectivity index (χ0n) is 7.60. The van der Waals surface area contributed by atoms with Gasteiger partial charge >= 0.3 is 6.03 Å². The minimum atomic E-state index is -0.563. The Morgan fingerprint density at radius 3 is 2.36 bits per heavy atom. The number of carbonyl (C=O) groups is 2. The zero-order chi connectivity index (χ0) is 10.6. The number of amides is 3. The second-order valence-electron chi connectivity index (χ2n) is 2.63. The number of carbonyl (C=O) groups excluding carboxylic acids is 2. The van der Waals surface area contributed by atoms with Crippen LogP contribution in [0.1, 0.15) is 6.92 Å². The molecule has 0 heterocycles. The van der Waals surface area contributed by atoms with Gasteiger partial charge in [-0.3, -0.25) is 4.79 Å². The fourth-order valence-electron chi connectivity index (χ4n) is 0.841. The molecular weight excluding hydrogens is 200 g/mol. The van der Waals surface area contributed by atoms with Crippen LogP contribution < -0.4 is 5.32 Å². The van der Waals surface area contributed by atoms with Crippen molar-refractivity contribution in [1.29, 1.82) is 0 Å². The lowest BCUT2D eigenvalue weighted by Crippen LogP contribution is -2.30. The predicted molar refractivity (Wildman–Crippen MR) is 57.0 cm³/mol. The molecule has 0 aliphatic heterocycles. The third kappa shape index (κ3) is 2.77. The molecule has 74 valence electrons. The molecule has 1 N–H and O–H groups in total. The number of rotatable bonds is 1. The number of thiol groups is 1. The van der Waals surface area contributed by atoms with Crippen molar-refractivity contribution in [3.05, 3.63) is 30.3 Å².